The minimum absolute atomic E-state index is 0.0301. The molecule has 0 radical (unpaired) electrons. The van der Waals surface area contributed by atoms with Gasteiger partial charge in [-0.15, -0.1) is 0 Å². The number of rotatable bonds is 18. The lowest BCUT2D eigenvalue weighted by Crippen LogP contribution is -2.48. The van der Waals surface area contributed by atoms with Crippen molar-refractivity contribution in [2.75, 3.05) is 6.61 Å². The molecule has 0 amide bonds. The van der Waals surface area contributed by atoms with Crippen molar-refractivity contribution in [1.29, 1.82) is 0 Å². The molecular formula is C32H58O5SSi. The van der Waals surface area contributed by atoms with E-state index in [9.17, 15) is 8.42 Å². The maximum absolute atomic E-state index is 12.8. The van der Waals surface area contributed by atoms with Crippen molar-refractivity contribution < 1.29 is 21.8 Å². The molecule has 1 aromatic rings. The summed E-state index contributed by atoms with van der Waals surface area (Å²) in [6.45, 7) is 15.6. The summed E-state index contributed by atoms with van der Waals surface area (Å²) < 4.78 is 44.3. The van der Waals surface area contributed by atoms with Gasteiger partial charge in [0, 0.05) is 6.42 Å². The van der Waals surface area contributed by atoms with Crippen LogP contribution in [-0.2, 0) is 23.5 Å². The summed E-state index contributed by atoms with van der Waals surface area (Å²) in [7, 11) is -5.77. The molecule has 0 aromatic heterocycles. The zero-order chi connectivity index (χ0) is 28.9. The zero-order valence-corrected chi connectivity index (χ0v) is 27.9. The second-order valence-electron chi connectivity index (χ2n) is 13.2. The Kier molecular flexibility index (Phi) is 14.7. The number of hydrogen-bond donors (Lipinski definition) is 0. The highest BCUT2D eigenvalue weighted by Gasteiger charge is 2.41. The van der Waals surface area contributed by atoms with E-state index in [2.05, 4.69) is 40.8 Å². The van der Waals surface area contributed by atoms with Crippen molar-refractivity contribution in [1.82, 2.24) is 0 Å². The highest BCUT2D eigenvalue weighted by Crippen LogP contribution is 2.39. The highest BCUT2D eigenvalue weighted by molar-refractivity contribution is 7.86. The SMILES string of the molecule is CCCCCCCCCCCCC[C@H]1C[C@@H](O[Si](C)(C)C(C)(C)C)C[C@@H](COS(=O)(=O)c2ccc(C)cc2)O1. The summed E-state index contributed by atoms with van der Waals surface area (Å²) in [6.07, 6.45) is 17.0. The van der Waals surface area contributed by atoms with Crippen LogP contribution in [0.25, 0.3) is 0 Å². The first kappa shape index (κ1) is 34.5. The summed E-state index contributed by atoms with van der Waals surface area (Å²) in [6, 6.07) is 6.79. The molecule has 1 aliphatic rings. The van der Waals surface area contributed by atoms with Crippen LogP contribution in [0.15, 0.2) is 29.2 Å². The number of hydrogen-bond acceptors (Lipinski definition) is 5. The van der Waals surface area contributed by atoms with Crippen molar-refractivity contribution in [2.24, 2.45) is 0 Å². The van der Waals surface area contributed by atoms with Crippen LogP contribution in [0, 0.1) is 6.92 Å². The Morgan fingerprint density at radius 1 is 0.846 bits per heavy atom. The standard InChI is InChI=1S/C32H58O5SSi/c1-8-9-10-11-12-13-14-15-16-17-18-19-28-24-29(37-39(6,7)32(3,4)5)25-30(36-28)26-35-38(33,34)31-22-20-27(2)21-23-31/h20-23,28-30H,8-19,24-26H2,1-7H3/t28-,29+,30-/m0/s1. The molecule has 0 spiro atoms. The molecule has 5 nitrogen and oxygen atoms in total. The summed E-state index contributed by atoms with van der Waals surface area (Å²) in [5.41, 5.74) is 1.01. The van der Waals surface area contributed by atoms with Crippen LogP contribution in [0.3, 0.4) is 0 Å². The van der Waals surface area contributed by atoms with E-state index >= 15 is 0 Å². The van der Waals surface area contributed by atoms with Crippen LogP contribution in [0.5, 0.6) is 0 Å². The van der Waals surface area contributed by atoms with Gasteiger partial charge in [0.2, 0.25) is 0 Å². The minimum Gasteiger partial charge on any atom is -0.414 e. The molecule has 0 saturated carbocycles. The van der Waals surface area contributed by atoms with Gasteiger partial charge >= 0.3 is 0 Å². The maximum Gasteiger partial charge on any atom is 0.297 e. The van der Waals surface area contributed by atoms with Crippen molar-refractivity contribution in [3.63, 3.8) is 0 Å². The van der Waals surface area contributed by atoms with Gasteiger partial charge in [0.15, 0.2) is 8.32 Å². The molecule has 7 heteroatoms. The predicted octanol–water partition coefficient (Wildman–Crippen LogP) is 9.34. The first-order valence-corrected chi connectivity index (χ1v) is 19.9. The third-order valence-corrected chi connectivity index (χ3v) is 14.4. The Hall–Kier alpha value is -0.733. The summed E-state index contributed by atoms with van der Waals surface area (Å²) in [4.78, 5) is 0.190. The molecule has 0 unspecified atom stereocenters. The monoisotopic (exact) mass is 582 g/mol. The fourth-order valence-electron chi connectivity index (χ4n) is 5.02. The smallest absolute Gasteiger partial charge is 0.297 e. The minimum atomic E-state index is -3.82. The Labute approximate surface area is 242 Å². The van der Waals surface area contributed by atoms with Gasteiger partial charge in [-0.05, 0) is 50.0 Å². The quantitative estimate of drug-likeness (QED) is 0.0980. The van der Waals surface area contributed by atoms with Crippen LogP contribution >= 0.6 is 0 Å². The average molecular weight is 583 g/mol. The molecule has 1 aromatic carbocycles. The van der Waals surface area contributed by atoms with E-state index in [1.165, 1.54) is 64.2 Å². The van der Waals surface area contributed by atoms with E-state index in [0.29, 0.717) is 6.42 Å². The molecule has 226 valence electrons. The molecule has 39 heavy (non-hydrogen) atoms. The van der Waals surface area contributed by atoms with Crippen LogP contribution in [0.2, 0.25) is 18.1 Å². The van der Waals surface area contributed by atoms with E-state index in [4.69, 9.17) is 13.3 Å². The molecule has 1 heterocycles. The molecular weight excluding hydrogens is 525 g/mol. The van der Waals surface area contributed by atoms with Gasteiger partial charge in [-0.3, -0.25) is 4.18 Å². The number of aryl methyl sites for hydroxylation is 1. The summed E-state index contributed by atoms with van der Waals surface area (Å²) >= 11 is 0. The summed E-state index contributed by atoms with van der Waals surface area (Å²) in [5, 5.41) is 0.123. The molecule has 0 N–H and O–H groups in total. The molecule has 0 bridgehead atoms. The molecule has 1 fully saturated rings. The third kappa shape index (κ3) is 12.8. The second kappa shape index (κ2) is 16.6. The molecule has 1 saturated heterocycles. The molecule has 0 aliphatic carbocycles. The lowest BCUT2D eigenvalue weighted by molar-refractivity contribution is -0.107. The van der Waals surface area contributed by atoms with Gasteiger partial charge in [-0.25, -0.2) is 0 Å². The van der Waals surface area contributed by atoms with Crippen molar-refractivity contribution in [3.05, 3.63) is 29.8 Å². The van der Waals surface area contributed by atoms with Crippen molar-refractivity contribution >= 4 is 18.4 Å². The largest absolute Gasteiger partial charge is 0.414 e. The normalized spacial score (nSPS) is 20.8. The zero-order valence-electron chi connectivity index (χ0n) is 26.1. The van der Waals surface area contributed by atoms with Gasteiger partial charge < -0.3 is 9.16 Å². The van der Waals surface area contributed by atoms with E-state index in [0.717, 1.165) is 24.8 Å². The Morgan fingerprint density at radius 2 is 1.36 bits per heavy atom. The van der Waals surface area contributed by atoms with Gasteiger partial charge in [0.05, 0.1) is 29.8 Å². The Morgan fingerprint density at radius 3 is 1.90 bits per heavy atom. The van der Waals surface area contributed by atoms with Crippen LogP contribution in [0.1, 0.15) is 123 Å². The van der Waals surface area contributed by atoms with Crippen LogP contribution < -0.4 is 0 Å². The number of ether oxygens (including phenoxy) is 1. The predicted molar refractivity (Wildman–Crippen MR) is 165 cm³/mol. The fraction of sp³-hybridized carbons (Fsp3) is 0.812. The Balaban J connectivity index is 1.86. The highest BCUT2D eigenvalue weighted by atomic mass is 32.2. The van der Waals surface area contributed by atoms with Gasteiger partial charge in [-0.1, -0.05) is 116 Å². The third-order valence-electron chi connectivity index (χ3n) is 8.55. The maximum atomic E-state index is 12.8. The van der Waals surface area contributed by atoms with Gasteiger partial charge in [-0.2, -0.15) is 8.42 Å². The topological polar surface area (TPSA) is 61.8 Å². The molecule has 2 rings (SSSR count). The van der Waals surface area contributed by atoms with E-state index < -0.39 is 18.4 Å². The lowest BCUT2D eigenvalue weighted by Gasteiger charge is -2.43. The fourth-order valence-corrected chi connectivity index (χ4v) is 7.34. The first-order chi connectivity index (χ1) is 18.3. The van der Waals surface area contributed by atoms with Gasteiger partial charge in [0.1, 0.15) is 0 Å². The first-order valence-electron chi connectivity index (χ1n) is 15.6. The number of unbranched alkanes of at least 4 members (excludes halogenated alkanes) is 10. The second-order valence-corrected chi connectivity index (χ2v) is 19.6. The van der Waals surface area contributed by atoms with E-state index in [-0.39, 0.29) is 34.9 Å². The van der Waals surface area contributed by atoms with Crippen molar-refractivity contribution in [3.8, 4) is 0 Å². The van der Waals surface area contributed by atoms with E-state index in [1.54, 1.807) is 24.3 Å². The average Bonchev–Trinajstić information content (AvgIpc) is 2.85. The molecule has 1 aliphatic heterocycles. The van der Waals surface area contributed by atoms with E-state index in [1.807, 2.05) is 6.92 Å². The number of benzene rings is 1. The van der Waals surface area contributed by atoms with Crippen molar-refractivity contribution in [2.45, 2.75) is 166 Å². The Bertz CT molecular complexity index is 907. The summed E-state index contributed by atoms with van der Waals surface area (Å²) in [5.74, 6) is 0. The lowest BCUT2D eigenvalue weighted by atomic mass is 9.97. The van der Waals surface area contributed by atoms with Gasteiger partial charge in [0.25, 0.3) is 10.1 Å². The van der Waals surface area contributed by atoms with Crippen LogP contribution in [-0.4, -0.2) is 41.7 Å². The van der Waals surface area contributed by atoms with Crippen LogP contribution in [0.4, 0.5) is 0 Å². The molecule has 3 atom stereocenters.